The highest BCUT2D eigenvalue weighted by atomic mass is 19.4. The summed E-state index contributed by atoms with van der Waals surface area (Å²) in [6, 6.07) is 3.90. The topological polar surface area (TPSA) is 86.0 Å². The lowest BCUT2D eigenvalue weighted by Crippen LogP contribution is -2.44. The largest absolute Gasteiger partial charge is 0.458 e. The molecule has 0 aliphatic carbocycles. The molecule has 1 fully saturated rings. The number of halogens is 4. The third kappa shape index (κ3) is 4.47. The van der Waals surface area contributed by atoms with Gasteiger partial charge in [-0.05, 0) is 25.0 Å². The van der Waals surface area contributed by atoms with Crippen LogP contribution >= 0.6 is 0 Å². The fourth-order valence-corrected chi connectivity index (χ4v) is 3.28. The van der Waals surface area contributed by atoms with Crippen LogP contribution in [0.15, 0.2) is 43.0 Å². The SMILES string of the molecule is O=C(c1cccc(F)c1-n1nccn1)N1CCC[C@@H](Oc2ncc(C(F)(F)F)cn2)C1. The number of benzene rings is 1. The van der Waals surface area contributed by atoms with Crippen molar-refractivity contribution in [2.75, 3.05) is 13.1 Å². The van der Waals surface area contributed by atoms with Crippen molar-refractivity contribution < 1.29 is 27.1 Å². The fraction of sp³-hybridized carbons (Fsp3) is 0.316. The normalized spacial score (nSPS) is 16.9. The van der Waals surface area contributed by atoms with E-state index in [-0.39, 0.29) is 23.8 Å². The number of aromatic nitrogens is 5. The highest BCUT2D eigenvalue weighted by Gasteiger charge is 2.32. The number of alkyl halides is 3. The van der Waals surface area contributed by atoms with Crippen molar-refractivity contribution in [1.82, 2.24) is 29.9 Å². The zero-order valence-electron chi connectivity index (χ0n) is 16.0. The average Bonchev–Trinajstić information content (AvgIpc) is 3.27. The summed E-state index contributed by atoms with van der Waals surface area (Å²) in [6.45, 7) is 0.556. The first-order valence-electron chi connectivity index (χ1n) is 9.33. The standard InChI is InChI=1S/C19H16F4N6O2/c20-15-5-1-4-14(16(15)29-26-6-7-27-29)17(30)28-8-2-3-13(11-28)31-18-24-9-12(10-25-18)19(21,22)23/h1,4-7,9-10,13H,2-3,8,11H2/t13-/m1/s1. The van der Waals surface area contributed by atoms with Crippen LogP contribution in [-0.2, 0) is 6.18 Å². The highest BCUT2D eigenvalue weighted by molar-refractivity contribution is 5.97. The molecule has 162 valence electrons. The lowest BCUT2D eigenvalue weighted by molar-refractivity contribution is -0.138. The zero-order valence-corrected chi connectivity index (χ0v) is 16.0. The van der Waals surface area contributed by atoms with Gasteiger partial charge in [0.05, 0.1) is 30.1 Å². The van der Waals surface area contributed by atoms with Crippen LogP contribution < -0.4 is 4.74 Å². The number of piperidine rings is 1. The van der Waals surface area contributed by atoms with Gasteiger partial charge in [-0.25, -0.2) is 14.4 Å². The van der Waals surface area contributed by atoms with Crippen molar-refractivity contribution >= 4 is 5.91 Å². The van der Waals surface area contributed by atoms with Gasteiger partial charge < -0.3 is 9.64 Å². The van der Waals surface area contributed by atoms with E-state index in [1.807, 2.05) is 0 Å². The van der Waals surface area contributed by atoms with Gasteiger partial charge in [-0.2, -0.15) is 23.4 Å². The molecule has 2 aromatic heterocycles. The molecule has 0 unspecified atom stereocenters. The molecular formula is C19H16F4N6O2. The molecule has 1 atom stereocenters. The summed E-state index contributed by atoms with van der Waals surface area (Å²) in [6.07, 6.45) is 0.110. The Morgan fingerprint density at radius 2 is 1.84 bits per heavy atom. The Balaban J connectivity index is 1.49. The lowest BCUT2D eigenvalue weighted by Gasteiger charge is -2.32. The number of amides is 1. The van der Waals surface area contributed by atoms with Gasteiger partial charge in [-0.15, -0.1) is 4.80 Å². The first kappa shape index (κ1) is 20.7. The summed E-state index contributed by atoms with van der Waals surface area (Å²) in [7, 11) is 0. The smallest absolute Gasteiger partial charge is 0.419 e. The molecule has 0 radical (unpaired) electrons. The second-order valence-corrected chi connectivity index (χ2v) is 6.84. The summed E-state index contributed by atoms with van der Waals surface area (Å²) in [4.78, 5) is 22.8. The number of carbonyl (C=O) groups excluding carboxylic acids is 1. The minimum atomic E-state index is -4.54. The molecule has 3 aromatic rings. The molecule has 1 saturated heterocycles. The molecule has 3 heterocycles. The van der Waals surface area contributed by atoms with Gasteiger partial charge in [-0.1, -0.05) is 6.07 Å². The Kier molecular flexibility index (Phi) is 5.53. The summed E-state index contributed by atoms with van der Waals surface area (Å²) >= 11 is 0. The van der Waals surface area contributed by atoms with Crippen LogP contribution in [-0.4, -0.2) is 55.0 Å². The molecular weight excluding hydrogens is 420 g/mol. The minimum Gasteiger partial charge on any atom is -0.458 e. The van der Waals surface area contributed by atoms with Crippen LogP contribution in [0, 0.1) is 5.82 Å². The predicted molar refractivity (Wildman–Crippen MR) is 97.9 cm³/mol. The number of carbonyl (C=O) groups is 1. The van der Waals surface area contributed by atoms with Gasteiger partial charge in [0.1, 0.15) is 11.8 Å². The maximum Gasteiger partial charge on any atom is 0.419 e. The zero-order chi connectivity index (χ0) is 22.0. The Bertz CT molecular complexity index is 1060. The first-order valence-corrected chi connectivity index (χ1v) is 9.33. The predicted octanol–water partition coefficient (Wildman–Crippen LogP) is 2.90. The highest BCUT2D eigenvalue weighted by Crippen LogP contribution is 2.28. The van der Waals surface area contributed by atoms with Crippen LogP contribution in [0.2, 0.25) is 0 Å². The van der Waals surface area contributed by atoms with Crippen molar-refractivity contribution in [2.45, 2.75) is 25.1 Å². The molecule has 0 N–H and O–H groups in total. The Morgan fingerprint density at radius 3 is 2.52 bits per heavy atom. The second-order valence-electron chi connectivity index (χ2n) is 6.84. The van der Waals surface area contributed by atoms with E-state index in [4.69, 9.17) is 4.74 Å². The number of hydrogen-bond acceptors (Lipinski definition) is 6. The van der Waals surface area contributed by atoms with Crippen LogP contribution in [0.25, 0.3) is 5.69 Å². The van der Waals surface area contributed by atoms with Crippen molar-refractivity contribution in [3.05, 3.63) is 59.9 Å². The van der Waals surface area contributed by atoms with E-state index < -0.39 is 29.6 Å². The van der Waals surface area contributed by atoms with E-state index in [0.29, 0.717) is 31.8 Å². The van der Waals surface area contributed by atoms with Crippen LogP contribution in [0.4, 0.5) is 17.6 Å². The third-order valence-electron chi connectivity index (χ3n) is 4.73. The summed E-state index contributed by atoms with van der Waals surface area (Å²) < 4.78 is 57.9. The number of ether oxygens (including phenoxy) is 1. The molecule has 31 heavy (non-hydrogen) atoms. The molecule has 4 rings (SSSR count). The molecule has 1 aliphatic heterocycles. The van der Waals surface area contributed by atoms with Crippen LogP contribution in [0.1, 0.15) is 28.8 Å². The summed E-state index contributed by atoms with van der Waals surface area (Å²) in [5.74, 6) is -1.08. The minimum absolute atomic E-state index is 0.0633. The quantitative estimate of drug-likeness (QED) is 0.585. The molecule has 1 amide bonds. The molecule has 8 nitrogen and oxygen atoms in total. The van der Waals surface area contributed by atoms with Gasteiger partial charge in [0.25, 0.3) is 5.91 Å². The van der Waals surface area contributed by atoms with Gasteiger partial charge >= 0.3 is 12.2 Å². The van der Waals surface area contributed by atoms with Crippen molar-refractivity contribution in [1.29, 1.82) is 0 Å². The maximum atomic E-state index is 14.4. The van der Waals surface area contributed by atoms with E-state index in [0.717, 1.165) is 4.80 Å². The summed E-state index contributed by atoms with van der Waals surface area (Å²) in [5.41, 5.74) is -0.958. The van der Waals surface area contributed by atoms with Crippen molar-refractivity contribution in [3.63, 3.8) is 0 Å². The van der Waals surface area contributed by atoms with Gasteiger partial charge in [0, 0.05) is 18.9 Å². The number of para-hydroxylation sites is 1. The molecule has 0 spiro atoms. The van der Waals surface area contributed by atoms with Crippen molar-refractivity contribution in [3.8, 4) is 11.7 Å². The number of nitrogens with zero attached hydrogens (tertiary/aromatic N) is 6. The summed E-state index contributed by atoms with van der Waals surface area (Å²) in [5, 5.41) is 7.81. The average molecular weight is 436 g/mol. The first-order chi connectivity index (χ1) is 14.8. The Hall–Kier alpha value is -3.57. The van der Waals surface area contributed by atoms with Crippen molar-refractivity contribution in [2.24, 2.45) is 0 Å². The van der Waals surface area contributed by atoms with Gasteiger partial charge in [-0.3, -0.25) is 4.79 Å². The number of likely N-dealkylation sites (tertiary alicyclic amines) is 1. The third-order valence-corrected chi connectivity index (χ3v) is 4.73. The van der Waals surface area contributed by atoms with E-state index >= 15 is 0 Å². The molecule has 1 aromatic carbocycles. The Morgan fingerprint density at radius 1 is 1.13 bits per heavy atom. The number of hydrogen-bond donors (Lipinski definition) is 0. The van der Waals surface area contributed by atoms with E-state index in [9.17, 15) is 22.4 Å². The van der Waals surface area contributed by atoms with Crippen LogP contribution in [0.3, 0.4) is 0 Å². The lowest BCUT2D eigenvalue weighted by atomic mass is 10.1. The van der Waals surface area contributed by atoms with Gasteiger partial charge in [0.15, 0.2) is 5.82 Å². The van der Waals surface area contributed by atoms with Crippen LogP contribution in [0.5, 0.6) is 6.01 Å². The second kappa shape index (κ2) is 8.28. The molecule has 0 saturated carbocycles. The van der Waals surface area contributed by atoms with E-state index in [1.165, 1.54) is 35.5 Å². The molecule has 12 heteroatoms. The molecule has 1 aliphatic rings. The van der Waals surface area contributed by atoms with Gasteiger partial charge in [0.2, 0.25) is 0 Å². The Labute approximate surface area is 173 Å². The fourth-order valence-electron chi connectivity index (χ4n) is 3.28. The monoisotopic (exact) mass is 436 g/mol. The maximum absolute atomic E-state index is 14.4. The number of rotatable bonds is 4. The molecule has 0 bridgehead atoms. The van der Waals surface area contributed by atoms with E-state index in [2.05, 4.69) is 20.2 Å². The van der Waals surface area contributed by atoms with E-state index in [1.54, 1.807) is 0 Å².